The molecule has 0 spiro atoms. The Morgan fingerprint density at radius 1 is 1.17 bits per heavy atom. The van der Waals surface area contributed by atoms with Crippen LogP contribution in [0.3, 0.4) is 0 Å². The third-order valence-corrected chi connectivity index (χ3v) is 4.84. The Labute approximate surface area is 168 Å². The summed E-state index contributed by atoms with van der Waals surface area (Å²) in [5.74, 6) is -1.28. The molecule has 2 aromatic rings. The number of hydrogen-bond acceptors (Lipinski definition) is 6. The van der Waals surface area contributed by atoms with Crippen LogP contribution in [0.25, 0.3) is 0 Å². The second-order valence-corrected chi connectivity index (χ2v) is 6.84. The lowest BCUT2D eigenvalue weighted by molar-refractivity contribution is 0.0529. The van der Waals surface area contributed by atoms with Gasteiger partial charge in [0.2, 0.25) is 0 Å². The highest BCUT2D eigenvalue weighted by atomic mass is 32.2. The van der Waals surface area contributed by atoms with Crippen molar-refractivity contribution in [2.24, 2.45) is 0 Å². The van der Waals surface area contributed by atoms with Crippen LogP contribution in [0, 0.1) is 5.82 Å². The fourth-order valence-corrected chi connectivity index (χ4v) is 3.33. The summed E-state index contributed by atoms with van der Waals surface area (Å²) in [4.78, 5) is 32.0. The summed E-state index contributed by atoms with van der Waals surface area (Å²) < 4.78 is 42.7. The van der Waals surface area contributed by atoms with E-state index in [4.69, 9.17) is 4.74 Å². The number of nitrogens with zero attached hydrogens (tertiary/aromatic N) is 3. The fourth-order valence-electron chi connectivity index (χ4n) is 2.99. The standard InChI is InChI=1S/C18H19FN4O5S/c1-28-15-11-12(4-5-14(15)21-29(26)27)17(24)22-7-9-23(10-8-22)18(25)16-13(19)3-2-6-20-16/h2-6,11,21H,7-10H2,1H3,(H,26,27)/p-1. The van der Waals surface area contributed by atoms with E-state index >= 15 is 0 Å². The second kappa shape index (κ2) is 8.97. The van der Waals surface area contributed by atoms with Gasteiger partial charge >= 0.3 is 0 Å². The van der Waals surface area contributed by atoms with Crippen LogP contribution in [-0.2, 0) is 11.3 Å². The highest BCUT2D eigenvalue weighted by Gasteiger charge is 2.27. The number of ether oxygens (including phenoxy) is 1. The van der Waals surface area contributed by atoms with Crippen molar-refractivity contribution in [1.29, 1.82) is 0 Å². The van der Waals surface area contributed by atoms with E-state index in [9.17, 15) is 22.7 Å². The molecule has 0 bridgehead atoms. The van der Waals surface area contributed by atoms with E-state index in [1.165, 1.54) is 48.5 Å². The van der Waals surface area contributed by atoms with E-state index < -0.39 is 23.0 Å². The van der Waals surface area contributed by atoms with Gasteiger partial charge in [0.05, 0.1) is 12.8 Å². The molecule has 11 heteroatoms. The summed E-state index contributed by atoms with van der Waals surface area (Å²) in [6, 6.07) is 6.95. The van der Waals surface area contributed by atoms with Crippen LogP contribution in [0.2, 0.25) is 0 Å². The molecule has 1 N–H and O–H groups in total. The number of carbonyl (C=O) groups is 2. The van der Waals surface area contributed by atoms with Crippen molar-refractivity contribution in [3.8, 4) is 5.75 Å². The molecule has 9 nitrogen and oxygen atoms in total. The highest BCUT2D eigenvalue weighted by molar-refractivity contribution is 7.80. The molecule has 29 heavy (non-hydrogen) atoms. The average Bonchev–Trinajstić information content (AvgIpc) is 2.73. The monoisotopic (exact) mass is 421 g/mol. The molecule has 2 amide bonds. The van der Waals surface area contributed by atoms with Crippen LogP contribution in [0.5, 0.6) is 5.75 Å². The molecular formula is C18H18FN4O5S-. The maximum atomic E-state index is 13.8. The van der Waals surface area contributed by atoms with E-state index in [1.54, 1.807) is 4.90 Å². The number of rotatable bonds is 5. The lowest BCUT2D eigenvalue weighted by Gasteiger charge is -2.34. The summed E-state index contributed by atoms with van der Waals surface area (Å²) in [6.45, 7) is 1.02. The van der Waals surface area contributed by atoms with Gasteiger partial charge in [0.25, 0.3) is 11.8 Å². The van der Waals surface area contributed by atoms with Gasteiger partial charge in [0, 0.05) is 49.2 Å². The molecule has 1 unspecified atom stereocenters. The van der Waals surface area contributed by atoms with Crippen molar-refractivity contribution in [3.63, 3.8) is 0 Å². The van der Waals surface area contributed by atoms with Crippen molar-refractivity contribution < 1.29 is 27.5 Å². The van der Waals surface area contributed by atoms with E-state index in [2.05, 4.69) is 9.71 Å². The Kier molecular flexibility index (Phi) is 6.39. The number of amides is 2. The van der Waals surface area contributed by atoms with Gasteiger partial charge in [-0.05, 0) is 30.3 Å². The van der Waals surface area contributed by atoms with Crippen molar-refractivity contribution >= 4 is 28.8 Å². The lowest BCUT2D eigenvalue weighted by atomic mass is 10.1. The van der Waals surface area contributed by atoms with Gasteiger partial charge in [-0.15, -0.1) is 0 Å². The highest BCUT2D eigenvalue weighted by Crippen LogP contribution is 2.26. The van der Waals surface area contributed by atoms with Crippen LogP contribution in [-0.4, -0.2) is 68.6 Å². The Morgan fingerprint density at radius 2 is 1.83 bits per heavy atom. The van der Waals surface area contributed by atoms with Crippen molar-refractivity contribution in [1.82, 2.24) is 14.8 Å². The second-order valence-electron chi connectivity index (χ2n) is 6.17. The zero-order valence-electron chi connectivity index (χ0n) is 15.5. The van der Waals surface area contributed by atoms with Crippen molar-refractivity contribution in [2.45, 2.75) is 0 Å². The van der Waals surface area contributed by atoms with Gasteiger partial charge in [0.15, 0.2) is 11.5 Å². The van der Waals surface area contributed by atoms with Crippen molar-refractivity contribution in [3.05, 3.63) is 53.6 Å². The molecular weight excluding hydrogens is 403 g/mol. The summed E-state index contributed by atoms with van der Waals surface area (Å²) in [5, 5.41) is 0. The minimum absolute atomic E-state index is 0.208. The molecule has 1 saturated heterocycles. The first-order valence-corrected chi connectivity index (χ1v) is 9.71. The third-order valence-electron chi connectivity index (χ3n) is 4.46. The number of pyridine rings is 1. The molecule has 1 aromatic heterocycles. The zero-order valence-corrected chi connectivity index (χ0v) is 16.3. The van der Waals surface area contributed by atoms with Gasteiger partial charge in [-0.1, -0.05) is 0 Å². The predicted molar refractivity (Wildman–Crippen MR) is 102 cm³/mol. The van der Waals surface area contributed by atoms with Crippen LogP contribution in [0.1, 0.15) is 20.8 Å². The Bertz CT molecular complexity index is 950. The number of anilines is 1. The average molecular weight is 421 g/mol. The molecule has 3 rings (SSSR count). The van der Waals surface area contributed by atoms with Crippen LogP contribution in [0.4, 0.5) is 10.1 Å². The summed E-state index contributed by atoms with van der Waals surface area (Å²) >= 11 is -2.52. The number of aromatic nitrogens is 1. The maximum Gasteiger partial charge on any atom is 0.275 e. The minimum Gasteiger partial charge on any atom is -0.755 e. The van der Waals surface area contributed by atoms with E-state index in [0.717, 1.165) is 0 Å². The number of methoxy groups -OCH3 is 1. The summed E-state index contributed by atoms with van der Waals surface area (Å²) in [7, 11) is 1.36. The number of benzene rings is 1. The van der Waals surface area contributed by atoms with Crippen LogP contribution in [0.15, 0.2) is 36.5 Å². The van der Waals surface area contributed by atoms with E-state index in [1.807, 2.05) is 0 Å². The Morgan fingerprint density at radius 3 is 2.41 bits per heavy atom. The number of nitrogens with one attached hydrogen (secondary N) is 1. The first kappa shape index (κ1) is 20.7. The number of hydrogen-bond donors (Lipinski definition) is 1. The molecule has 1 aromatic carbocycles. The van der Waals surface area contributed by atoms with Gasteiger partial charge in [-0.3, -0.25) is 13.8 Å². The van der Waals surface area contributed by atoms with E-state index in [0.29, 0.717) is 5.56 Å². The maximum absolute atomic E-state index is 13.8. The summed E-state index contributed by atoms with van der Waals surface area (Å²) in [6.07, 6.45) is 1.35. The van der Waals surface area contributed by atoms with Crippen molar-refractivity contribution in [2.75, 3.05) is 38.0 Å². The lowest BCUT2D eigenvalue weighted by Crippen LogP contribution is -2.50. The molecule has 0 radical (unpaired) electrons. The summed E-state index contributed by atoms with van der Waals surface area (Å²) in [5.41, 5.74) is 0.292. The van der Waals surface area contributed by atoms with E-state index in [-0.39, 0.29) is 49.2 Å². The molecule has 2 heterocycles. The molecule has 1 aliphatic rings. The Hall–Kier alpha value is -3.05. The molecule has 1 fully saturated rings. The normalized spacial score (nSPS) is 15.0. The molecule has 0 saturated carbocycles. The smallest absolute Gasteiger partial charge is 0.275 e. The molecule has 1 atom stereocenters. The number of piperazine rings is 1. The Balaban J connectivity index is 1.66. The first-order valence-electron chi connectivity index (χ1n) is 8.63. The zero-order chi connectivity index (χ0) is 21.0. The molecule has 1 aliphatic heterocycles. The van der Waals surface area contributed by atoms with Gasteiger partial charge in [-0.2, -0.15) is 0 Å². The number of carbonyl (C=O) groups excluding carboxylic acids is 2. The van der Waals surface area contributed by atoms with Crippen LogP contribution < -0.4 is 9.46 Å². The predicted octanol–water partition coefficient (Wildman–Crippen LogP) is 1.03. The number of halogens is 1. The van der Waals surface area contributed by atoms with Gasteiger partial charge in [-0.25, -0.2) is 9.37 Å². The van der Waals surface area contributed by atoms with Gasteiger partial charge in [0.1, 0.15) is 5.75 Å². The largest absolute Gasteiger partial charge is 0.755 e. The topological polar surface area (TPSA) is 115 Å². The fraction of sp³-hybridized carbons (Fsp3) is 0.278. The van der Waals surface area contributed by atoms with Crippen LogP contribution >= 0.6 is 0 Å². The SMILES string of the molecule is COc1cc(C(=O)N2CCN(C(=O)c3ncccc3F)CC2)ccc1NS(=O)[O-]. The van der Waals surface area contributed by atoms with Gasteiger partial charge < -0.3 is 23.8 Å². The quantitative estimate of drug-likeness (QED) is 0.722. The minimum atomic E-state index is -2.52. The molecule has 0 aliphatic carbocycles. The third kappa shape index (κ3) is 4.69. The molecule has 154 valence electrons. The first-order chi connectivity index (χ1) is 13.9.